The number of nitrogens with one attached hydrogen (secondary N) is 2. The second-order valence-corrected chi connectivity index (χ2v) is 6.74. The summed E-state index contributed by atoms with van der Waals surface area (Å²) < 4.78 is 0. The summed E-state index contributed by atoms with van der Waals surface area (Å²) in [5.74, 6) is 1.17. The van der Waals surface area contributed by atoms with Gasteiger partial charge in [-0.15, -0.1) is 0 Å². The number of aromatic amines is 2. The molecule has 0 amide bonds. The van der Waals surface area contributed by atoms with Crippen LogP contribution in [0.4, 0.5) is 0 Å². The van der Waals surface area contributed by atoms with E-state index >= 15 is 0 Å². The predicted octanol–water partition coefficient (Wildman–Crippen LogP) is 7.43. The van der Waals surface area contributed by atoms with E-state index in [1.54, 1.807) is 0 Å². The van der Waals surface area contributed by atoms with Gasteiger partial charge in [0.05, 0.1) is 23.4 Å². The lowest BCUT2D eigenvalue weighted by molar-refractivity contribution is 0.868. The molecule has 0 atom stereocenters. The van der Waals surface area contributed by atoms with Crippen LogP contribution in [0.3, 0.4) is 0 Å². The number of aromatic nitrogens is 4. The van der Waals surface area contributed by atoms with Gasteiger partial charge in [-0.25, -0.2) is 0 Å². The minimum absolute atomic E-state index is 0.581. The molecule has 0 radical (unpaired) electrons. The van der Waals surface area contributed by atoms with Crippen LogP contribution in [0.25, 0.3) is 21.8 Å². The Morgan fingerprint density at radius 3 is 1.71 bits per heavy atom. The Balaban J connectivity index is 0.000000238. The Hall–Kier alpha value is -2.62. The van der Waals surface area contributed by atoms with Gasteiger partial charge in [-0.3, -0.25) is 10.2 Å². The average Bonchev–Trinajstić information content (AvgIpc) is 3.39. The highest BCUT2D eigenvalue weighted by Gasteiger charge is 2.01. The van der Waals surface area contributed by atoms with Crippen molar-refractivity contribution in [1.29, 1.82) is 0 Å². The monoisotopic (exact) mass is 380 g/mol. The zero-order valence-corrected chi connectivity index (χ0v) is 18.7. The number of nitrogens with zero attached hydrogens (tertiary/aromatic N) is 2. The highest BCUT2D eigenvalue weighted by molar-refractivity contribution is 5.79. The van der Waals surface area contributed by atoms with E-state index in [1.165, 1.54) is 21.9 Å². The quantitative estimate of drug-likeness (QED) is 0.380. The van der Waals surface area contributed by atoms with E-state index in [-0.39, 0.29) is 0 Å². The van der Waals surface area contributed by atoms with Gasteiger partial charge in [-0.1, -0.05) is 73.6 Å². The molecule has 0 aliphatic carbocycles. The van der Waals surface area contributed by atoms with Crippen molar-refractivity contribution in [3.63, 3.8) is 0 Å². The SMILES string of the molecule is CC.CC.CC(C)c1ccc2[nH]ncc2c1.CC(C)c1ccc2cn[nH]c2c1. The van der Waals surface area contributed by atoms with Crippen molar-refractivity contribution in [2.75, 3.05) is 0 Å². The third-order valence-electron chi connectivity index (χ3n) is 4.26. The first kappa shape index (κ1) is 23.4. The third kappa shape index (κ3) is 6.22. The fraction of sp³-hybridized carbons (Fsp3) is 0.417. The molecular formula is C24H36N4. The summed E-state index contributed by atoms with van der Waals surface area (Å²) in [6.45, 7) is 16.8. The minimum Gasteiger partial charge on any atom is -0.278 e. The molecule has 4 nitrogen and oxygen atoms in total. The van der Waals surface area contributed by atoms with E-state index < -0.39 is 0 Å². The molecule has 0 saturated heterocycles. The molecule has 0 saturated carbocycles. The Bertz CT molecular complexity index is 854. The lowest BCUT2D eigenvalue weighted by Gasteiger charge is -2.03. The van der Waals surface area contributed by atoms with Crippen LogP contribution >= 0.6 is 0 Å². The van der Waals surface area contributed by atoms with Crippen LogP contribution in [0.2, 0.25) is 0 Å². The molecule has 4 rings (SSSR count). The zero-order valence-electron chi connectivity index (χ0n) is 18.7. The van der Waals surface area contributed by atoms with Gasteiger partial charge < -0.3 is 0 Å². The highest BCUT2D eigenvalue weighted by Crippen LogP contribution is 2.20. The third-order valence-corrected chi connectivity index (χ3v) is 4.26. The van der Waals surface area contributed by atoms with Crippen LogP contribution in [0.1, 0.15) is 78.4 Å². The van der Waals surface area contributed by atoms with Crippen LogP contribution in [-0.2, 0) is 0 Å². The summed E-state index contributed by atoms with van der Waals surface area (Å²) >= 11 is 0. The van der Waals surface area contributed by atoms with Gasteiger partial charge in [0, 0.05) is 10.8 Å². The summed E-state index contributed by atoms with van der Waals surface area (Å²) in [7, 11) is 0. The summed E-state index contributed by atoms with van der Waals surface area (Å²) in [4.78, 5) is 0. The summed E-state index contributed by atoms with van der Waals surface area (Å²) in [5, 5.41) is 16.2. The second kappa shape index (κ2) is 12.0. The second-order valence-electron chi connectivity index (χ2n) is 6.74. The molecule has 0 fully saturated rings. The van der Waals surface area contributed by atoms with Crippen molar-refractivity contribution in [2.45, 2.75) is 67.2 Å². The molecule has 4 aromatic rings. The molecule has 0 aliphatic heterocycles. The van der Waals surface area contributed by atoms with Gasteiger partial charge in [0.1, 0.15) is 0 Å². The molecule has 0 spiro atoms. The Morgan fingerprint density at radius 1 is 0.607 bits per heavy atom. The molecule has 2 aromatic heterocycles. The van der Waals surface area contributed by atoms with E-state index in [9.17, 15) is 0 Å². The first-order valence-electron chi connectivity index (χ1n) is 10.4. The van der Waals surface area contributed by atoms with Gasteiger partial charge in [0.2, 0.25) is 0 Å². The van der Waals surface area contributed by atoms with Gasteiger partial charge in [0.15, 0.2) is 0 Å². The smallest absolute Gasteiger partial charge is 0.0653 e. The van der Waals surface area contributed by atoms with Gasteiger partial charge in [0.25, 0.3) is 0 Å². The number of H-pyrrole nitrogens is 2. The summed E-state index contributed by atoms with van der Waals surface area (Å²) in [5.41, 5.74) is 4.95. The summed E-state index contributed by atoms with van der Waals surface area (Å²) in [6.07, 6.45) is 3.71. The normalized spacial score (nSPS) is 10.1. The van der Waals surface area contributed by atoms with E-state index in [0.29, 0.717) is 11.8 Å². The molecule has 28 heavy (non-hydrogen) atoms. The Kier molecular flexibility index (Phi) is 10.0. The molecule has 4 heteroatoms. The largest absolute Gasteiger partial charge is 0.278 e. The number of hydrogen-bond acceptors (Lipinski definition) is 2. The van der Waals surface area contributed by atoms with Crippen molar-refractivity contribution < 1.29 is 0 Å². The van der Waals surface area contributed by atoms with Gasteiger partial charge in [-0.05, 0) is 41.2 Å². The van der Waals surface area contributed by atoms with Crippen molar-refractivity contribution in [2.24, 2.45) is 0 Å². The van der Waals surface area contributed by atoms with Crippen LogP contribution in [-0.4, -0.2) is 20.4 Å². The maximum atomic E-state index is 3.98. The molecule has 2 heterocycles. The molecule has 0 aliphatic rings. The van der Waals surface area contributed by atoms with E-state index in [1.807, 2.05) is 40.1 Å². The molecule has 152 valence electrons. The molecule has 2 aromatic carbocycles. The maximum absolute atomic E-state index is 3.98. The van der Waals surface area contributed by atoms with Gasteiger partial charge >= 0.3 is 0 Å². The van der Waals surface area contributed by atoms with Crippen molar-refractivity contribution >= 4 is 21.8 Å². The van der Waals surface area contributed by atoms with Crippen LogP contribution in [0.5, 0.6) is 0 Å². The first-order chi connectivity index (χ1) is 13.5. The topological polar surface area (TPSA) is 57.4 Å². The number of fused-ring (bicyclic) bond motifs is 2. The van der Waals surface area contributed by atoms with Crippen LogP contribution < -0.4 is 0 Å². The highest BCUT2D eigenvalue weighted by atomic mass is 15.1. The predicted molar refractivity (Wildman–Crippen MR) is 123 cm³/mol. The number of hydrogen-bond donors (Lipinski definition) is 2. The lowest BCUT2D eigenvalue weighted by Crippen LogP contribution is -1.85. The number of benzene rings is 2. The van der Waals surface area contributed by atoms with E-state index in [2.05, 4.69) is 84.5 Å². The fourth-order valence-corrected chi connectivity index (χ4v) is 2.63. The van der Waals surface area contributed by atoms with E-state index in [4.69, 9.17) is 0 Å². The minimum atomic E-state index is 0.581. The van der Waals surface area contributed by atoms with E-state index in [0.717, 1.165) is 11.0 Å². The lowest BCUT2D eigenvalue weighted by atomic mass is 10.0. The van der Waals surface area contributed by atoms with Crippen LogP contribution in [0.15, 0.2) is 48.8 Å². The number of rotatable bonds is 2. The Labute approximate surface area is 169 Å². The molecular weight excluding hydrogens is 344 g/mol. The standard InChI is InChI=1S/2C10H12N2.2C2H6/c1-7(2)8-3-4-10-9(5-8)6-11-12-10;1-7(2)8-3-4-9-6-11-12-10(9)5-8;2*1-2/h2*3-7H,1-2H3,(H,11,12);2*1-2H3. The van der Waals surface area contributed by atoms with Crippen molar-refractivity contribution in [3.8, 4) is 0 Å². The first-order valence-corrected chi connectivity index (χ1v) is 10.4. The van der Waals surface area contributed by atoms with Gasteiger partial charge in [-0.2, -0.15) is 10.2 Å². The average molecular weight is 381 g/mol. The maximum Gasteiger partial charge on any atom is 0.0653 e. The van der Waals surface area contributed by atoms with Crippen molar-refractivity contribution in [1.82, 2.24) is 20.4 Å². The zero-order chi connectivity index (χ0) is 21.1. The Morgan fingerprint density at radius 2 is 1.11 bits per heavy atom. The fourth-order valence-electron chi connectivity index (χ4n) is 2.63. The van der Waals surface area contributed by atoms with Crippen LogP contribution in [0, 0.1) is 0 Å². The molecule has 2 N–H and O–H groups in total. The van der Waals surface area contributed by atoms with Crippen molar-refractivity contribution in [3.05, 3.63) is 59.9 Å². The summed E-state index contributed by atoms with van der Waals surface area (Å²) in [6, 6.07) is 12.8. The molecule has 0 unspecified atom stereocenters. The molecule has 0 bridgehead atoms.